The zero-order valence-corrected chi connectivity index (χ0v) is 19.3. The normalized spacial score (nSPS) is 13.5. The Morgan fingerprint density at radius 3 is 2.62 bits per heavy atom. The van der Waals surface area contributed by atoms with Gasteiger partial charge in [-0.05, 0) is 58.7 Å². The van der Waals surface area contributed by atoms with Crippen molar-refractivity contribution < 1.29 is 19.0 Å². The topological polar surface area (TPSA) is 98.7 Å². The fraction of sp³-hybridized carbons (Fsp3) is 0.273. The van der Waals surface area contributed by atoms with Crippen molar-refractivity contribution in [2.24, 2.45) is 0 Å². The summed E-state index contributed by atoms with van der Waals surface area (Å²) in [6, 6.07) is 10.9. The second kappa shape index (κ2) is 9.92. The van der Waals surface area contributed by atoms with Crippen molar-refractivity contribution in [1.82, 2.24) is 15.0 Å². The molecule has 0 unspecified atom stereocenters. The minimum Gasteiger partial charge on any atom is -0.493 e. The van der Waals surface area contributed by atoms with Gasteiger partial charge in [-0.1, -0.05) is 6.07 Å². The second-order valence-electron chi connectivity index (χ2n) is 7.08. The van der Waals surface area contributed by atoms with Crippen LogP contribution < -0.4 is 19.7 Å². The molecule has 3 aromatic rings. The zero-order valence-electron chi connectivity index (χ0n) is 17.7. The largest absolute Gasteiger partial charge is 0.493 e. The fourth-order valence-electron chi connectivity index (χ4n) is 3.13. The highest BCUT2D eigenvalue weighted by Gasteiger charge is 2.19. The summed E-state index contributed by atoms with van der Waals surface area (Å²) in [5.41, 5.74) is 2.42. The lowest BCUT2D eigenvalue weighted by atomic mass is 10.2. The smallest absolute Gasteiger partial charge is 0.328 e. The molecule has 0 spiro atoms. The van der Waals surface area contributed by atoms with Gasteiger partial charge in [0.15, 0.2) is 11.5 Å². The van der Waals surface area contributed by atoms with E-state index in [0.717, 1.165) is 22.0 Å². The number of carbonyl (C=O) groups excluding carboxylic acids is 1. The van der Waals surface area contributed by atoms with E-state index in [1.54, 1.807) is 18.2 Å². The molecule has 0 atom stereocenters. The monoisotopic (exact) mass is 499 g/mol. The van der Waals surface area contributed by atoms with Crippen LogP contribution in [0.25, 0.3) is 0 Å². The molecule has 1 aliphatic heterocycles. The third kappa shape index (κ3) is 5.14. The maximum absolute atomic E-state index is 11.1. The van der Waals surface area contributed by atoms with Gasteiger partial charge in [-0.2, -0.15) is 15.0 Å². The number of morpholine rings is 1. The van der Waals surface area contributed by atoms with Crippen molar-refractivity contribution in [3.8, 4) is 17.5 Å². The van der Waals surface area contributed by atoms with Gasteiger partial charge in [0.2, 0.25) is 11.9 Å². The molecule has 4 rings (SSSR count). The highest BCUT2D eigenvalue weighted by atomic mass is 79.9. The standard InChI is InChI=1S/C22H22BrN5O4/c1-14-3-5-17(16(23)11-14)24-20-25-21(28-7-9-31-10-8-28)27-22(26-20)32-18-6-4-15(13-29)12-19(18)30-2/h3-6,11-13H,7-10H2,1-2H3,(H,24,25,26,27). The Morgan fingerprint density at radius 2 is 1.91 bits per heavy atom. The molecule has 32 heavy (non-hydrogen) atoms. The van der Waals surface area contributed by atoms with Gasteiger partial charge in [-0.3, -0.25) is 4.79 Å². The Labute approximate surface area is 193 Å². The van der Waals surface area contributed by atoms with Crippen LogP contribution in [0.5, 0.6) is 17.5 Å². The quantitative estimate of drug-likeness (QED) is 0.480. The van der Waals surface area contributed by atoms with E-state index in [-0.39, 0.29) is 6.01 Å². The van der Waals surface area contributed by atoms with Crippen LogP contribution in [-0.4, -0.2) is 54.7 Å². The number of benzene rings is 2. The lowest BCUT2D eigenvalue weighted by Crippen LogP contribution is -2.37. The van der Waals surface area contributed by atoms with E-state index in [1.807, 2.05) is 30.0 Å². The van der Waals surface area contributed by atoms with Crippen molar-refractivity contribution in [3.63, 3.8) is 0 Å². The number of rotatable bonds is 7. The summed E-state index contributed by atoms with van der Waals surface area (Å²) in [6.45, 7) is 4.52. The number of halogens is 1. The predicted molar refractivity (Wildman–Crippen MR) is 123 cm³/mol. The molecule has 1 fully saturated rings. The van der Waals surface area contributed by atoms with Gasteiger partial charge < -0.3 is 24.4 Å². The first-order chi connectivity index (χ1) is 15.6. The Bertz CT molecular complexity index is 1120. The van der Waals surface area contributed by atoms with Crippen LogP contribution in [0.1, 0.15) is 15.9 Å². The maximum Gasteiger partial charge on any atom is 0.328 e. The van der Waals surface area contributed by atoms with Gasteiger partial charge in [0.1, 0.15) is 6.29 Å². The van der Waals surface area contributed by atoms with Gasteiger partial charge in [0.25, 0.3) is 0 Å². The number of hydrogen-bond donors (Lipinski definition) is 1. The number of methoxy groups -OCH3 is 1. The number of anilines is 3. The maximum atomic E-state index is 11.1. The minimum atomic E-state index is 0.101. The molecule has 2 aromatic carbocycles. The molecule has 1 aliphatic rings. The molecule has 1 saturated heterocycles. The average Bonchev–Trinajstić information content (AvgIpc) is 2.81. The SMILES string of the molecule is COc1cc(C=O)ccc1Oc1nc(Nc2ccc(C)cc2Br)nc(N2CCOCC2)n1. The first-order valence-electron chi connectivity index (χ1n) is 9.99. The Hall–Kier alpha value is -3.24. The number of aromatic nitrogens is 3. The molecule has 0 saturated carbocycles. The van der Waals surface area contributed by atoms with Crippen LogP contribution in [0.2, 0.25) is 0 Å². The second-order valence-corrected chi connectivity index (χ2v) is 7.93. The van der Waals surface area contributed by atoms with E-state index in [1.165, 1.54) is 7.11 Å². The molecule has 0 aliphatic carbocycles. The number of carbonyl (C=O) groups is 1. The van der Waals surface area contributed by atoms with Crippen molar-refractivity contribution >= 4 is 39.8 Å². The van der Waals surface area contributed by atoms with Crippen molar-refractivity contribution in [2.45, 2.75) is 6.92 Å². The van der Waals surface area contributed by atoms with Crippen molar-refractivity contribution in [2.75, 3.05) is 43.6 Å². The molecule has 0 bridgehead atoms. The number of nitrogens with zero attached hydrogens (tertiary/aromatic N) is 4. The van der Waals surface area contributed by atoms with Crippen LogP contribution in [0.15, 0.2) is 40.9 Å². The summed E-state index contributed by atoms with van der Waals surface area (Å²) in [4.78, 5) is 26.6. The molecule has 9 nitrogen and oxygen atoms in total. The average molecular weight is 500 g/mol. The third-order valence-electron chi connectivity index (χ3n) is 4.79. The Kier molecular flexibility index (Phi) is 6.81. The van der Waals surface area contributed by atoms with Crippen molar-refractivity contribution in [1.29, 1.82) is 0 Å². The van der Waals surface area contributed by atoms with Crippen molar-refractivity contribution in [3.05, 3.63) is 52.0 Å². The summed E-state index contributed by atoms with van der Waals surface area (Å²) in [6.07, 6.45) is 0.743. The van der Waals surface area contributed by atoms with Crippen LogP contribution in [0.3, 0.4) is 0 Å². The number of aldehydes is 1. The van der Waals surface area contributed by atoms with Gasteiger partial charge in [0.05, 0.1) is 26.0 Å². The molecule has 0 radical (unpaired) electrons. The lowest BCUT2D eigenvalue weighted by Gasteiger charge is -2.27. The number of hydrogen-bond acceptors (Lipinski definition) is 9. The molecule has 1 N–H and O–H groups in total. The highest BCUT2D eigenvalue weighted by molar-refractivity contribution is 9.10. The van der Waals surface area contributed by atoms with Crippen LogP contribution in [-0.2, 0) is 4.74 Å². The van der Waals surface area contributed by atoms with Gasteiger partial charge in [-0.15, -0.1) is 0 Å². The molecule has 1 aromatic heterocycles. The fourth-order valence-corrected chi connectivity index (χ4v) is 3.73. The molecule has 166 valence electrons. The van der Waals surface area contributed by atoms with E-state index in [4.69, 9.17) is 14.2 Å². The summed E-state index contributed by atoms with van der Waals surface area (Å²) in [5.74, 6) is 1.61. The Balaban J connectivity index is 1.69. The number of aryl methyl sites for hydroxylation is 1. The molecule has 0 amide bonds. The van der Waals surface area contributed by atoms with Gasteiger partial charge in [0, 0.05) is 23.1 Å². The number of nitrogens with one attached hydrogen (secondary N) is 1. The first-order valence-corrected chi connectivity index (χ1v) is 10.8. The van der Waals surface area contributed by atoms with Crippen LogP contribution in [0, 0.1) is 6.92 Å². The van der Waals surface area contributed by atoms with Gasteiger partial charge >= 0.3 is 6.01 Å². The molecule has 2 heterocycles. The molecular formula is C22H22BrN5O4. The van der Waals surface area contributed by atoms with E-state index >= 15 is 0 Å². The predicted octanol–water partition coefficient (Wildman–Crippen LogP) is 4.14. The number of ether oxygens (including phenoxy) is 3. The van der Waals surface area contributed by atoms with Crippen LogP contribution in [0.4, 0.5) is 17.6 Å². The lowest BCUT2D eigenvalue weighted by molar-refractivity contribution is 0.112. The van der Waals surface area contributed by atoms with E-state index in [9.17, 15) is 4.79 Å². The zero-order chi connectivity index (χ0) is 22.5. The Morgan fingerprint density at radius 1 is 1.09 bits per heavy atom. The van der Waals surface area contributed by atoms with E-state index in [2.05, 4.69) is 36.2 Å². The van der Waals surface area contributed by atoms with Gasteiger partial charge in [-0.25, -0.2) is 0 Å². The summed E-state index contributed by atoms with van der Waals surface area (Å²) in [7, 11) is 1.51. The van der Waals surface area contributed by atoms with Crippen LogP contribution >= 0.6 is 15.9 Å². The first kappa shape index (κ1) is 22.0. The van der Waals surface area contributed by atoms with E-state index < -0.39 is 0 Å². The summed E-state index contributed by atoms with van der Waals surface area (Å²) >= 11 is 3.57. The van der Waals surface area contributed by atoms with E-state index in [0.29, 0.717) is 55.3 Å². The molecular weight excluding hydrogens is 478 g/mol. The third-order valence-corrected chi connectivity index (χ3v) is 5.45. The summed E-state index contributed by atoms with van der Waals surface area (Å²) in [5, 5.41) is 3.23. The minimum absolute atomic E-state index is 0.101. The highest BCUT2D eigenvalue weighted by Crippen LogP contribution is 2.32. The molecule has 10 heteroatoms. The summed E-state index contributed by atoms with van der Waals surface area (Å²) < 4.78 is 17.6.